The maximum Gasteiger partial charge on any atom is 0.409 e. The van der Waals surface area contributed by atoms with Crippen molar-refractivity contribution >= 4 is 23.9 Å². The number of carbonyl (C=O) groups is 2. The Balaban J connectivity index is 1.43. The van der Waals surface area contributed by atoms with Crippen LogP contribution < -0.4 is 10.6 Å². The zero-order valence-electron chi connectivity index (χ0n) is 15.5. The van der Waals surface area contributed by atoms with Crippen LogP contribution in [0.2, 0.25) is 0 Å². The van der Waals surface area contributed by atoms with Gasteiger partial charge in [-0.1, -0.05) is 72.8 Å². The van der Waals surface area contributed by atoms with Crippen LogP contribution in [0.5, 0.6) is 0 Å². The van der Waals surface area contributed by atoms with Gasteiger partial charge in [-0.05, 0) is 22.8 Å². The number of benzodiazepines with no additional fused rings is 1. The summed E-state index contributed by atoms with van der Waals surface area (Å²) < 4.78 is 5.17. The quantitative estimate of drug-likeness (QED) is 0.713. The summed E-state index contributed by atoms with van der Waals surface area (Å²) >= 11 is 0. The zero-order chi connectivity index (χ0) is 20.1. The van der Waals surface area contributed by atoms with Crippen molar-refractivity contribution in [1.29, 1.82) is 0 Å². The number of aliphatic imine (C=N–C) groups is 1. The topological polar surface area (TPSA) is 79.8 Å². The van der Waals surface area contributed by atoms with Gasteiger partial charge in [-0.2, -0.15) is 0 Å². The van der Waals surface area contributed by atoms with Crippen LogP contribution in [0.4, 0.5) is 10.5 Å². The molecule has 1 unspecified atom stereocenters. The summed E-state index contributed by atoms with van der Waals surface area (Å²) in [5.41, 5.74) is 4.29. The standard InChI is InChI=1S/C23H19N3O3/c27-22-21(26-23(28)29-15-16-7-3-1-4-8-16)24-14-19-12-11-18(13-20(19)25-22)17-9-5-2-6-10-17/h1-14,21H,15H2,(H,25,27)(H,26,28). The largest absolute Gasteiger partial charge is 0.445 e. The molecule has 1 heterocycles. The van der Waals surface area contributed by atoms with Crippen LogP contribution in [0, 0.1) is 0 Å². The molecule has 4 rings (SSSR count). The highest BCUT2D eigenvalue weighted by Crippen LogP contribution is 2.26. The molecule has 2 N–H and O–H groups in total. The van der Waals surface area contributed by atoms with Crippen molar-refractivity contribution < 1.29 is 14.3 Å². The number of ether oxygens (including phenoxy) is 1. The highest BCUT2D eigenvalue weighted by molar-refractivity contribution is 6.04. The van der Waals surface area contributed by atoms with Crippen LogP contribution in [0.25, 0.3) is 11.1 Å². The normalized spacial score (nSPS) is 15.0. The van der Waals surface area contributed by atoms with Crippen LogP contribution in [-0.2, 0) is 16.1 Å². The molecule has 0 bridgehead atoms. The van der Waals surface area contributed by atoms with E-state index in [9.17, 15) is 9.59 Å². The maximum absolute atomic E-state index is 12.5. The highest BCUT2D eigenvalue weighted by Gasteiger charge is 2.23. The van der Waals surface area contributed by atoms with Crippen molar-refractivity contribution in [3.8, 4) is 11.1 Å². The molecule has 1 atom stereocenters. The fraction of sp³-hybridized carbons (Fsp3) is 0.0870. The Morgan fingerprint density at radius 3 is 2.45 bits per heavy atom. The molecule has 0 fully saturated rings. The van der Waals surface area contributed by atoms with E-state index in [2.05, 4.69) is 15.6 Å². The van der Waals surface area contributed by atoms with Crippen LogP contribution in [-0.4, -0.2) is 24.4 Å². The molecule has 0 saturated carbocycles. The van der Waals surface area contributed by atoms with Gasteiger partial charge >= 0.3 is 6.09 Å². The number of amides is 2. The minimum Gasteiger partial charge on any atom is -0.445 e. The summed E-state index contributed by atoms with van der Waals surface area (Å²) in [6.07, 6.45) is -0.197. The Morgan fingerprint density at radius 2 is 1.69 bits per heavy atom. The Morgan fingerprint density at radius 1 is 0.966 bits per heavy atom. The van der Waals surface area contributed by atoms with Crippen molar-refractivity contribution in [2.75, 3.05) is 5.32 Å². The fourth-order valence-corrected chi connectivity index (χ4v) is 2.99. The summed E-state index contributed by atoms with van der Waals surface area (Å²) in [6, 6.07) is 24.9. The summed E-state index contributed by atoms with van der Waals surface area (Å²) in [6.45, 7) is 0.116. The van der Waals surface area contributed by atoms with Gasteiger partial charge in [-0.3, -0.25) is 15.1 Å². The molecule has 1 aliphatic rings. The van der Waals surface area contributed by atoms with E-state index in [1.807, 2.05) is 78.9 Å². The average Bonchev–Trinajstić information content (AvgIpc) is 2.91. The van der Waals surface area contributed by atoms with Gasteiger partial charge in [0.1, 0.15) is 6.61 Å². The van der Waals surface area contributed by atoms with Gasteiger partial charge in [0.25, 0.3) is 5.91 Å². The number of hydrogen-bond donors (Lipinski definition) is 2. The van der Waals surface area contributed by atoms with Gasteiger partial charge in [0.2, 0.25) is 6.17 Å². The number of alkyl carbamates (subject to hydrolysis) is 1. The molecule has 6 nitrogen and oxygen atoms in total. The second-order valence-electron chi connectivity index (χ2n) is 6.54. The molecular weight excluding hydrogens is 366 g/mol. The van der Waals surface area contributed by atoms with Crippen LogP contribution >= 0.6 is 0 Å². The van der Waals surface area contributed by atoms with E-state index in [0.29, 0.717) is 5.69 Å². The predicted molar refractivity (Wildman–Crippen MR) is 112 cm³/mol. The van der Waals surface area contributed by atoms with Gasteiger partial charge in [0.15, 0.2) is 0 Å². The molecule has 0 radical (unpaired) electrons. The Bertz CT molecular complexity index is 1050. The fourth-order valence-electron chi connectivity index (χ4n) is 2.99. The third-order valence-electron chi connectivity index (χ3n) is 4.50. The Labute approximate surface area is 168 Å². The molecule has 0 spiro atoms. The predicted octanol–water partition coefficient (Wildman–Crippen LogP) is 3.98. The smallest absolute Gasteiger partial charge is 0.409 e. The minimum absolute atomic E-state index is 0.116. The first kappa shape index (κ1) is 18.4. The number of benzene rings is 3. The van der Waals surface area contributed by atoms with E-state index in [1.165, 1.54) is 0 Å². The number of carbonyl (C=O) groups excluding carboxylic acids is 2. The second kappa shape index (κ2) is 8.39. The van der Waals surface area contributed by atoms with Crippen molar-refractivity contribution in [3.63, 3.8) is 0 Å². The van der Waals surface area contributed by atoms with E-state index in [0.717, 1.165) is 22.3 Å². The first-order chi connectivity index (χ1) is 14.2. The zero-order valence-corrected chi connectivity index (χ0v) is 15.5. The minimum atomic E-state index is -1.06. The van der Waals surface area contributed by atoms with Crippen molar-refractivity contribution in [3.05, 3.63) is 90.0 Å². The van der Waals surface area contributed by atoms with E-state index in [-0.39, 0.29) is 6.61 Å². The van der Waals surface area contributed by atoms with E-state index < -0.39 is 18.2 Å². The second-order valence-corrected chi connectivity index (χ2v) is 6.54. The molecule has 2 amide bonds. The maximum atomic E-state index is 12.5. The van der Waals surface area contributed by atoms with E-state index in [4.69, 9.17) is 4.74 Å². The molecule has 0 aromatic heterocycles. The molecule has 0 saturated heterocycles. The summed E-state index contributed by atoms with van der Waals surface area (Å²) in [4.78, 5) is 28.8. The van der Waals surface area contributed by atoms with Gasteiger partial charge in [-0.15, -0.1) is 0 Å². The molecule has 1 aliphatic heterocycles. The lowest BCUT2D eigenvalue weighted by Gasteiger charge is -2.13. The van der Waals surface area contributed by atoms with Gasteiger partial charge in [0, 0.05) is 11.8 Å². The molecule has 6 heteroatoms. The van der Waals surface area contributed by atoms with Gasteiger partial charge in [0.05, 0.1) is 5.69 Å². The molecular formula is C23H19N3O3. The lowest BCUT2D eigenvalue weighted by atomic mass is 10.0. The summed E-state index contributed by atoms with van der Waals surface area (Å²) in [7, 11) is 0. The molecule has 0 aliphatic carbocycles. The SMILES string of the molecule is O=C(NC1N=Cc2ccc(-c3ccccc3)cc2NC1=O)OCc1ccccc1. The van der Waals surface area contributed by atoms with Crippen molar-refractivity contribution in [1.82, 2.24) is 5.32 Å². The van der Waals surface area contributed by atoms with Crippen LogP contribution in [0.3, 0.4) is 0 Å². The highest BCUT2D eigenvalue weighted by atomic mass is 16.5. The number of nitrogens with zero attached hydrogens (tertiary/aromatic N) is 1. The average molecular weight is 385 g/mol. The monoisotopic (exact) mass is 385 g/mol. The first-order valence-corrected chi connectivity index (χ1v) is 9.20. The molecule has 29 heavy (non-hydrogen) atoms. The third-order valence-corrected chi connectivity index (χ3v) is 4.50. The third kappa shape index (κ3) is 4.50. The van der Waals surface area contributed by atoms with Crippen LogP contribution in [0.1, 0.15) is 11.1 Å². The van der Waals surface area contributed by atoms with Gasteiger partial charge in [-0.25, -0.2) is 4.79 Å². The first-order valence-electron chi connectivity index (χ1n) is 9.20. The summed E-state index contributed by atoms with van der Waals surface area (Å²) in [5.74, 6) is -0.429. The number of rotatable bonds is 4. The van der Waals surface area contributed by atoms with Crippen LogP contribution in [0.15, 0.2) is 83.9 Å². The number of hydrogen-bond acceptors (Lipinski definition) is 4. The Kier molecular flexibility index (Phi) is 5.33. The number of anilines is 1. The lowest BCUT2D eigenvalue weighted by Crippen LogP contribution is -2.42. The molecule has 144 valence electrons. The van der Waals surface area contributed by atoms with Crippen molar-refractivity contribution in [2.24, 2.45) is 4.99 Å². The Hall–Kier alpha value is -3.93. The van der Waals surface area contributed by atoms with E-state index in [1.54, 1.807) is 6.21 Å². The van der Waals surface area contributed by atoms with Crippen molar-refractivity contribution in [2.45, 2.75) is 12.8 Å². The number of fused-ring (bicyclic) bond motifs is 1. The molecule has 3 aromatic carbocycles. The van der Waals surface area contributed by atoms with E-state index >= 15 is 0 Å². The summed E-state index contributed by atoms with van der Waals surface area (Å²) in [5, 5.41) is 5.32. The lowest BCUT2D eigenvalue weighted by molar-refractivity contribution is -0.117. The number of nitrogens with one attached hydrogen (secondary N) is 2. The molecule has 3 aromatic rings. The van der Waals surface area contributed by atoms with Gasteiger partial charge < -0.3 is 10.1 Å².